The van der Waals surface area contributed by atoms with E-state index in [0.717, 1.165) is 30.7 Å². The standard InChI is InChI=1S/C12H18N2/c1-3-12(13)8-4-5-10-7-6-9(2)14-11(10)12/h6-7H,3-5,8,13H2,1-2H3. The van der Waals surface area contributed by atoms with Crippen molar-refractivity contribution >= 4 is 0 Å². The Kier molecular flexibility index (Phi) is 2.31. The Bertz CT molecular complexity index is 346. The lowest BCUT2D eigenvalue weighted by molar-refractivity contribution is 0.348. The summed E-state index contributed by atoms with van der Waals surface area (Å²) in [5.74, 6) is 0. The van der Waals surface area contributed by atoms with Crippen molar-refractivity contribution < 1.29 is 0 Å². The van der Waals surface area contributed by atoms with Gasteiger partial charge < -0.3 is 5.73 Å². The highest BCUT2D eigenvalue weighted by Crippen LogP contribution is 2.34. The minimum atomic E-state index is -0.167. The van der Waals surface area contributed by atoms with Gasteiger partial charge in [0.2, 0.25) is 0 Å². The highest BCUT2D eigenvalue weighted by atomic mass is 14.9. The lowest BCUT2D eigenvalue weighted by atomic mass is 9.79. The first-order chi connectivity index (χ1) is 6.65. The number of hydrogen-bond acceptors (Lipinski definition) is 2. The molecule has 0 amide bonds. The molecule has 0 aliphatic heterocycles. The van der Waals surface area contributed by atoms with Crippen molar-refractivity contribution in [1.29, 1.82) is 0 Å². The van der Waals surface area contributed by atoms with Crippen molar-refractivity contribution in [3.8, 4) is 0 Å². The molecule has 2 nitrogen and oxygen atoms in total. The second-order valence-electron chi connectivity index (χ2n) is 4.32. The van der Waals surface area contributed by atoms with E-state index in [1.807, 2.05) is 6.92 Å². The Hall–Kier alpha value is -0.890. The molecule has 1 atom stereocenters. The second-order valence-corrected chi connectivity index (χ2v) is 4.32. The number of rotatable bonds is 1. The summed E-state index contributed by atoms with van der Waals surface area (Å²) in [7, 11) is 0. The average Bonchev–Trinajstić information content (AvgIpc) is 2.20. The highest BCUT2D eigenvalue weighted by molar-refractivity contribution is 5.31. The molecule has 2 heteroatoms. The zero-order chi connectivity index (χ0) is 10.2. The molecule has 1 unspecified atom stereocenters. The number of hydrogen-bond donors (Lipinski definition) is 1. The van der Waals surface area contributed by atoms with Gasteiger partial charge in [0.1, 0.15) is 0 Å². The summed E-state index contributed by atoms with van der Waals surface area (Å²) in [5, 5.41) is 0. The van der Waals surface area contributed by atoms with Gasteiger partial charge in [-0.15, -0.1) is 0 Å². The molecular weight excluding hydrogens is 172 g/mol. The van der Waals surface area contributed by atoms with E-state index < -0.39 is 0 Å². The van der Waals surface area contributed by atoms with Gasteiger partial charge in [0.15, 0.2) is 0 Å². The van der Waals surface area contributed by atoms with Crippen LogP contribution in [0.3, 0.4) is 0 Å². The molecule has 2 rings (SSSR count). The molecule has 0 spiro atoms. The van der Waals surface area contributed by atoms with Crippen molar-refractivity contribution in [3.05, 3.63) is 29.1 Å². The zero-order valence-electron chi connectivity index (χ0n) is 9.01. The zero-order valence-corrected chi connectivity index (χ0v) is 9.01. The molecule has 0 bridgehead atoms. The first-order valence-corrected chi connectivity index (χ1v) is 5.41. The van der Waals surface area contributed by atoms with Crippen LogP contribution in [0.1, 0.15) is 43.1 Å². The van der Waals surface area contributed by atoms with E-state index in [1.54, 1.807) is 0 Å². The van der Waals surface area contributed by atoms with Crippen LogP contribution in [-0.2, 0) is 12.0 Å². The number of pyridine rings is 1. The normalized spacial score (nSPS) is 25.9. The molecule has 0 radical (unpaired) electrons. The fourth-order valence-corrected chi connectivity index (χ4v) is 2.28. The van der Waals surface area contributed by atoms with Crippen molar-refractivity contribution in [3.63, 3.8) is 0 Å². The minimum absolute atomic E-state index is 0.167. The van der Waals surface area contributed by atoms with Crippen molar-refractivity contribution in [1.82, 2.24) is 4.98 Å². The van der Waals surface area contributed by atoms with E-state index in [2.05, 4.69) is 24.0 Å². The average molecular weight is 190 g/mol. The summed E-state index contributed by atoms with van der Waals surface area (Å²) in [6.45, 7) is 4.18. The quantitative estimate of drug-likeness (QED) is 0.738. The van der Waals surface area contributed by atoms with Crippen LogP contribution < -0.4 is 5.73 Å². The van der Waals surface area contributed by atoms with Crippen molar-refractivity contribution in [2.45, 2.75) is 45.1 Å². The lowest BCUT2D eigenvalue weighted by Crippen LogP contribution is -2.40. The molecule has 1 aliphatic carbocycles. The van der Waals surface area contributed by atoms with Crippen LogP contribution in [0.15, 0.2) is 12.1 Å². The maximum atomic E-state index is 6.38. The third-order valence-corrected chi connectivity index (χ3v) is 3.29. The first-order valence-electron chi connectivity index (χ1n) is 5.41. The molecule has 0 saturated carbocycles. The summed E-state index contributed by atoms with van der Waals surface area (Å²) >= 11 is 0. The van der Waals surface area contributed by atoms with Crippen LogP contribution in [0, 0.1) is 6.92 Å². The number of aromatic nitrogens is 1. The molecule has 0 aromatic carbocycles. The number of nitrogens with two attached hydrogens (primary N) is 1. The monoisotopic (exact) mass is 190 g/mol. The van der Waals surface area contributed by atoms with Crippen LogP contribution in [0.4, 0.5) is 0 Å². The maximum Gasteiger partial charge on any atom is 0.0637 e. The first kappa shape index (κ1) is 9.66. The summed E-state index contributed by atoms with van der Waals surface area (Å²) in [6.07, 6.45) is 4.40. The Labute approximate surface area is 85.5 Å². The van der Waals surface area contributed by atoms with Crippen LogP contribution >= 0.6 is 0 Å². The highest BCUT2D eigenvalue weighted by Gasteiger charge is 2.32. The molecule has 14 heavy (non-hydrogen) atoms. The summed E-state index contributed by atoms with van der Waals surface area (Å²) in [5.41, 5.74) is 9.78. The number of fused-ring (bicyclic) bond motifs is 1. The fourth-order valence-electron chi connectivity index (χ4n) is 2.28. The maximum absolute atomic E-state index is 6.38. The largest absolute Gasteiger partial charge is 0.320 e. The third-order valence-electron chi connectivity index (χ3n) is 3.29. The molecule has 1 aromatic heterocycles. The molecular formula is C12H18N2. The number of aryl methyl sites for hydroxylation is 2. The lowest BCUT2D eigenvalue weighted by Gasteiger charge is -2.33. The Morgan fingerprint density at radius 2 is 2.29 bits per heavy atom. The van der Waals surface area contributed by atoms with Gasteiger partial charge in [-0.3, -0.25) is 4.98 Å². The summed E-state index contributed by atoms with van der Waals surface area (Å²) < 4.78 is 0. The fraction of sp³-hybridized carbons (Fsp3) is 0.583. The van der Waals surface area contributed by atoms with Crippen LogP contribution in [0.2, 0.25) is 0 Å². The van der Waals surface area contributed by atoms with Gasteiger partial charge in [0.25, 0.3) is 0 Å². The molecule has 1 aliphatic rings. The molecule has 0 fully saturated rings. The molecule has 2 N–H and O–H groups in total. The van der Waals surface area contributed by atoms with E-state index in [1.165, 1.54) is 12.0 Å². The van der Waals surface area contributed by atoms with Gasteiger partial charge in [-0.1, -0.05) is 13.0 Å². The van der Waals surface area contributed by atoms with Crippen molar-refractivity contribution in [2.24, 2.45) is 5.73 Å². The second kappa shape index (κ2) is 3.35. The summed E-state index contributed by atoms with van der Waals surface area (Å²) in [4.78, 5) is 4.61. The van der Waals surface area contributed by atoms with Gasteiger partial charge in [0.05, 0.1) is 11.2 Å². The molecule has 1 aromatic rings. The number of nitrogens with zero attached hydrogens (tertiary/aromatic N) is 1. The van der Waals surface area contributed by atoms with E-state index in [9.17, 15) is 0 Å². The van der Waals surface area contributed by atoms with E-state index in [-0.39, 0.29) is 5.54 Å². The molecule has 0 saturated heterocycles. The van der Waals surface area contributed by atoms with Gasteiger partial charge in [-0.2, -0.15) is 0 Å². The predicted octanol–water partition coefficient (Wildman–Crippen LogP) is 2.29. The minimum Gasteiger partial charge on any atom is -0.320 e. The van der Waals surface area contributed by atoms with Crippen LogP contribution in [-0.4, -0.2) is 4.98 Å². The SMILES string of the molecule is CCC1(N)CCCc2ccc(C)nc21. The Balaban J connectivity index is 2.52. The van der Waals surface area contributed by atoms with E-state index in [0.29, 0.717) is 0 Å². The molecule has 1 heterocycles. The van der Waals surface area contributed by atoms with Gasteiger partial charge in [-0.25, -0.2) is 0 Å². The Morgan fingerprint density at radius 1 is 1.50 bits per heavy atom. The van der Waals surface area contributed by atoms with Crippen molar-refractivity contribution in [2.75, 3.05) is 0 Å². The Morgan fingerprint density at radius 3 is 3.00 bits per heavy atom. The predicted molar refractivity (Wildman–Crippen MR) is 58.1 cm³/mol. The topological polar surface area (TPSA) is 38.9 Å². The summed E-state index contributed by atoms with van der Waals surface area (Å²) in [6, 6.07) is 4.27. The van der Waals surface area contributed by atoms with Gasteiger partial charge in [-0.05, 0) is 44.2 Å². The van der Waals surface area contributed by atoms with Crippen LogP contribution in [0.5, 0.6) is 0 Å². The third kappa shape index (κ3) is 1.44. The smallest absolute Gasteiger partial charge is 0.0637 e. The van der Waals surface area contributed by atoms with Gasteiger partial charge >= 0.3 is 0 Å². The van der Waals surface area contributed by atoms with E-state index in [4.69, 9.17) is 5.73 Å². The van der Waals surface area contributed by atoms with Gasteiger partial charge in [0, 0.05) is 5.69 Å². The molecule has 76 valence electrons. The van der Waals surface area contributed by atoms with E-state index >= 15 is 0 Å². The van der Waals surface area contributed by atoms with Crippen LogP contribution in [0.25, 0.3) is 0 Å².